The summed E-state index contributed by atoms with van der Waals surface area (Å²) in [6.45, 7) is 9.83. The standard InChI is InChI=1S/C46H48FN7O7S/c1-25-17-34(18-26(2)39(25)47)53-41(55)36-11-14-52(28(4)40(36)48-44(53)51-23-33(24-51)30-7-6-8-35(20-30)62(5,58)59)42(56)38-21-32-19-31(29-12-15-60-16-13-29)9-10-37(32)54(38)46(22-27(46)3)43-49-45(57)61-50-43/h6-10,17-21,27-29,33H,11-16,22-24H2,1-5H3,(H,49,50,57)/t27-,28-,46+/m0/s1. The molecule has 3 aromatic carbocycles. The summed E-state index contributed by atoms with van der Waals surface area (Å²) in [6, 6.07) is 17.9. The number of rotatable bonds is 8. The molecular weight excluding hydrogens is 814 g/mol. The van der Waals surface area contributed by atoms with Crippen molar-refractivity contribution >= 4 is 32.6 Å². The number of carbonyl (C=O) groups excluding carboxylic acids is 1. The van der Waals surface area contributed by atoms with Crippen molar-refractivity contribution in [2.75, 3.05) is 44.0 Å². The normalized spacial score (nSPS) is 21.9. The zero-order valence-corrected chi connectivity index (χ0v) is 36.1. The topological polar surface area (TPSA) is 166 Å². The molecule has 10 rings (SSSR count). The minimum absolute atomic E-state index is 0.0238. The van der Waals surface area contributed by atoms with Gasteiger partial charge in [0.25, 0.3) is 11.5 Å². The highest BCUT2D eigenvalue weighted by atomic mass is 32.2. The molecule has 1 amide bonds. The number of hydrogen-bond acceptors (Lipinski definition) is 10. The largest absolute Gasteiger partial charge is 0.438 e. The number of nitrogens with one attached hydrogen (secondary N) is 1. The second-order valence-electron chi connectivity index (χ2n) is 17.7. The van der Waals surface area contributed by atoms with Crippen molar-refractivity contribution in [1.29, 1.82) is 0 Å². The van der Waals surface area contributed by atoms with Crippen LogP contribution in [0.1, 0.15) is 101 Å². The van der Waals surface area contributed by atoms with Gasteiger partial charge in [-0.05, 0) is 123 Å². The van der Waals surface area contributed by atoms with Crippen LogP contribution >= 0.6 is 0 Å². The molecule has 14 nitrogen and oxygen atoms in total. The quantitative estimate of drug-likeness (QED) is 0.190. The number of fused-ring (bicyclic) bond motifs is 2. The lowest BCUT2D eigenvalue weighted by molar-refractivity contribution is 0.0658. The predicted octanol–water partition coefficient (Wildman–Crippen LogP) is 6.06. The van der Waals surface area contributed by atoms with Gasteiger partial charge in [-0.3, -0.25) is 19.1 Å². The molecule has 1 N–H and O–H groups in total. The molecule has 1 saturated carbocycles. The number of hydrogen-bond donors (Lipinski definition) is 1. The molecule has 6 heterocycles. The number of aryl methyl sites for hydroxylation is 2. The molecule has 62 heavy (non-hydrogen) atoms. The first-order chi connectivity index (χ1) is 29.6. The summed E-state index contributed by atoms with van der Waals surface area (Å²) in [5, 5.41) is 5.05. The zero-order chi connectivity index (χ0) is 43.4. The van der Waals surface area contributed by atoms with Crippen molar-refractivity contribution in [3.63, 3.8) is 0 Å². The molecule has 0 radical (unpaired) electrons. The number of H-pyrrole nitrogens is 1. The van der Waals surface area contributed by atoms with E-state index in [0.29, 0.717) is 84.2 Å². The van der Waals surface area contributed by atoms with Crippen LogP contribution in [0.2, 0.25) is 0 Å². The summed E-state index contributed by atoms with van der Waals surface area (Å²) < 4.78 is 54.0. The first-order valence-electron chi connectivity index (χ1n) is 21.2. The summed E-state index contributed by atoms with van der Waals surface area (Å²) in [6.07, 6.45) is 3.88. The summed E-state index contributed by atoms with van der Waals surface area (Å²) in [5.41, 5.74) is 4.46. The van der Waals surface area contributed by atoms with Crippen LogP contribution in [-0.4, -0.2) is 82.6 Å². The maximum Gasteiger partial charge on any atom is 0.438 e. The van der Waals surface area contributed by atoms with Gasteiger partial charge in [0, 0.05) is 61.5 Å². The third-order valence-electron chi connectivity index (χ3n) is 13.8. The van der Waals surface area contributed by atoms with Gasteiger partial charge in [0.2, 0.25) is 5.95 Å². The number of benzene rings is 3. The molecule has 2 saturated heterocycles. The van der Waals surface area contributed by atoms with Crippen LogP contribution in [0, 0.1) is 25.6 Å². The maximum absolute atomic E-state index is 15.3. The minimum Gasteiger partial charge on any atom is -0.381 e. The highest BCUT2D eigenvalue weighted by Gasteiger charge is 2.59. The zero-order valence-electron chi connectivity index (χ0n) is 35.3. The maximum atomic E-state index is 15.3. The van der Waals surface area contributed by atoms with Gasteiger partial charge in [0.15, 0.2) is 15.7 Å². The van der Waals surface area contributed by atoms with E-state index >= 15 is 4.79 Å². The van der Waals surface area contributed by atoms with Crippen molar-refractivity contribution in [3.8, 4) is 5.69 Å². The smallest absolute Gasteiger partial charge is 0.381 e. The predicted molar refractivity (Wildman–Crippen MR) is 230 cm³/mol. The van der Waals surface area contributed by atoms with Crippen LogP contribution in [0.4, 0.5) is 10.3 Å². The molecule has 1 aliphatic carbocycles. The molecule has 6 aromatic rings. The van der Waals surface area contributed by atoms with E-state index in [0.717, 1.165) is 29.3 Å². The summed E-state index contributed by atoms with van der Waals surface area (Å²) >= 11 is 0. The average molecular weight is 862 g/mol. The van der Waals surface area contributed by atoms with Crippen molar-refractivity contribution in [3.05, 3.63) is 132 Å². The van der Waals surface area contributed by atoms with Gasteiger partial charge >= 0.3 is 5.76 Å². The number of aromatic amines is 1. The Bertz CT molecular complexity index is 3030. The second-order valence-corrected chi connectivity index (χ2v) is 19.7. The Kier molecular flexibility index (Phi) is 9.48. The van der Waals surface area contributed by atoms with Gasteiger partial charge < -0.3 is 19.1 Å². The number of anilines is 1. The molecule has 4 aliphatic rings. The number of nitrogens with zero attached hydrogens (tertiary/aromatic N) is 6. The minimum atomic E-state index is -3.42. The molecule has 3 aliphatic heterocycles. The Labute approximate surface area is 357 Å². The third-order valence-corrected chi connectivity index (χ3v) is 14.9. The van der Waals surface area contributed by atoms with Crippen molar-refractivity contribution in [2.45, 2.75) is 81.7 Å². The molecule has 0 spiro atoms. The van der Waals surface area contributed by atoms with E-state index in [-0.39, 0.29) is 47.0 Å². The van der Waals surface area contributed by atoms with Crippen LogP contribution in [0.3, 0.4) is 0 Å². The van der Waals surface area contributed by atoms with Gasteiger partial charge in [-0.15, -0.1) is 0 Å². The van der Waals surface area contributed by atoms with Gasteiger partial charge in [0.1, 0.15) is 17.1 Å². The lowest BCUT2D eigenvalue weighted by atomic mass is 9.91. The molecule has 3 aromatic heterocycles. The van der Waals surface area contributed by atoms with E-state index < -0.39 is 27.2 Å². The first-order valence-corrected chi connectivity index (χ1v) is 23.1. The molecule has 322 valence electrons. The fraction of sp³-hybridized carbons (Fsp3) is 0.413. The number of ether oxygens (including phenoxy) is 1. The Morgan fingerprint density at radius 3 is 2.32 bits per heavy atom. The number of sulfone groups is 1. The van der Waals surface area contributed by atoms with Crippen LogP contribution < -0.4 is 16.2 Å². The Balaban J connectivity index is 1.06. The summed E-state index contributed by atoms with van der Waals surface area (Å²) in [5.74, 6) is -0.203. The van der Waals surface area contributed by atoms with Crippen LogP contribution in [0.25, 0.3) is 16.6 Å². The molecule has 3 fully saturated rings. The second kappa shape index (κ2) is 14.6. The molecule has 0 bridgehead atoms. The van der Waals surface area contributed by atoms with Crippen molar-refractivity contribution < 1.29 is 26.9 Å². The van der Waals surface area contributed by atoms with Gasteiger partial charge in [-0.25, -0.2) is 27.2 Å². The van der Waals surface area contributed by atoms with E-state index in [1.807, 2.05) is 28.5 Å². The monoisotopic (exact) mass is 861 g/mol. The van der Waals surface area contributed by atoms with Gasteiger partial charge in [0.05, 0.1) is 22.3 Å². The SMILES string of the molecule is Cc1cc(-n2c(N3CC(c4cccc(S(C)(=O)=O)c4)C3)nc3c(c2=O)CCN(C(=O)c2cc4cc(C5CCOCC5)ccc4n2[C@]2(c4noc(=O)[nH]4)C[C@@H]2C)[C@H]3C)cc(C)c1F. The average Bonchev–Trinajstić information content (AvgIpc) is 3.50. The third kappa shape index (κ3) is 6.43. The Hall–Kier alpha value is -5.87. The van der Waals surface area contributed by atoms with Gasteiger partial charge in [-0.2, -0.15) is 0 Å². The number of amides is 1. The highest BCUT2D eigenvalue weighted by Crippen LogP contribution is 2.56. The van der Waals surface area contributed by atoms with Crippen LogP contribution in [0.5, 0.6) is 0 Å². The van der Waals surface area contributed by atoms with E-state index in [2.05, 4.69) is 35.3 Å². The first kappa shape index (κ1) is 40.2. The Morgan fingerprint density at radius 2 is 1.66 bits per heavy atom. The fourth-order valence-corrected chi connectivity index (χ4v) is 10.8. The number of aromatic nitrogens is 5. The lowest BCUT2D eigenvalue weighted by Crippen LogP contribution is -2.50. The molecule has 3 atom stereocenters. The van der Waals surface area contributed by atoms with E-state index in [4.69, 9.17) is 14.2 Å². The number of halogens is 1. The van der Waals surface area contributed by atoms with Crippen LogP contribution in [-0.2, 0) is 26.5 Å². The summed E-state index contributed by atoms with van der Waals surface area (Å²) in [7, 11) is -3.42. The summed E-state index contributed by atoms with van der Waals surface area (Å²) in [4.78, 5) is 54.4. The number of carbonyl (C=O) groups is 1. The molecule has 16 heteroatoms. The lowest BCUT2D eigenvalue weighted by Gasteiger charge is -2.42. The Morgan fingerprint density at radius 1 is 0.952 bits per heavy atom. The van der Waals surface area contributed by atoms with E-state index in [1.165, 1.54) is 11.8 Å². The fourth-order valence-electron chi connectivity index (χ4n) is 10.2. The van der Waals surface area contributed by atoms with E-state index in [9.17, 15) is 22.4 Å². The molecule has 0 unspecified atom stereocenters. The highest BCUT2D eigenvalue weighted by molar-refractivity contribution is 7.90. The van der Waals surface area contributed by atoms with Crippen molar-refractivity contribution in [2.24, 2.45) is 5.92 Å². The van der Waals surface area contributed by atoms with Gasteiger partial charge in [-0.1, -0.05) is 30.3 Å². The van der Waals surface area contributed by atoms with Crippen LogP contribution in [0.15, 0.2) is 79.7 Å². The van der Waals surface area contributed by atoms with Crippen molar-refractivity contribution in [1.82, 2.24) is 29.2 Å². The molecular formula is C46H48FN7O7S. The van der Waals surface area contributed by atoms with E-state index in [1.54, 1.807) is 53.6 Å².